The van der Waals surface area contributed by atoms with Gasteiger partial charge in [0.15, 0.2) is 0 Å². The van der Waals surface area contributed by atoms with Gasteiger partial charge in [0.05, 0.1) is 11.2 Å². The van der Waals surface area contributed by atoms with Crippen LogP contribution in [0.25, 0.3) is 0 Å². The molecular weight excluding hydrogens is 249 g/mol. The van der Waals surface area contributed by atoms with Crippen molar-refractivity contribution in [2.75, 3.05) is 11.0 Å². The van der Waals surface area contributed by atoms with E-state index in [2.05, 4.69) is 4.72 Å². The van der Waals surface area contributed by atoms with Gasteiger partial charge in [-0.15, -0.1) is 0 Å². The van der Waals surface area contributed by atoms with Crippen LogP contribution in [0.2, 0.25) is 0 Å². The molecule has 0 saturated carbocycles. The Morgan fingerprint density at radius 1 is 1.06 bits per heavy atom. The van der Waals surface area contributed by atoms with E-state index in [0.717, 1.165) is 18.4 Å². The summed E-state index contributed by atoms with van der Waals surface area (Å²) in [4.78, 5) is -0.401. The Hall–Kier alpha value is -0.523. The van der Waals surface area contributed by atoms with Gasteiger partial charge >= 0.3 is 18.9 Å². The summed E-state index contributed by atoms with van der Waals surface area (Å²) in [5.74, 6) is 0. The van der Waals surface area contributed by atoms with Crippen LogP contribution < -0.4 is 23.6 Å². The van der Waals surface area contributed by atoms with Gasteiger partial charge in [0.1, 0.15) is 10.1 Å². The second-order valence-electron chi connectivity index (χ2n) is 2.85. The van der Waals surface area contributed by atoms with Crippen molar-refractivity contribution in [1.29, 1.82) is 0 Å². The first-order valence-electron chi connectivity index (χ1n) is 3.72. The zero-order valence-corrected chi connectivity index (χ0v) is 10.3. The van der Waals surface area contributed by atoms with Crippen LogP contribution in [0.1, 0.15) is 0 Å². The number of anilines is 1. The minimum Gasteiger partial charge on any atom is -0.744 e. The van der Waals surface area contributed by atoms with E-state index in [1.165, 1.54) is 12.1 Å². The van der Waals surface area contributed by atoms with Crippen LogP contribution in [0, 0.1) is 0 Å². The van der Waals surface area contributed by atoms with Crippen molar-refractivity contribution in [2.24, 2.45) is 0 Å². The van der Waals surface area contributed by atoms with Crippen LogP contribution in [-0.2, 0) is 20.1 Å². The molecule has 1 N–H and O–H groups in total. The Morgan fingerprint density at radius 3 is 1.81 bits per heavy atom. The molecule has 0 spiro atoms. The Morgan fingerprint density at radius 2 is 1.50 bits per heavy atom. The number of hydrogen-bond donors (Lipinski definition) is 1. The fourth-order valence-corrected chi connectivity index (χ4v) is 1.94. The standard InChI is InChI=1S/C7H9NO5S2.Li/c1-14(9,10)8-6-2-4-7(5-3-6)15(11,12)13;/h2-5,8H,1H3,(H,11,12,13);/q;+1/p-1. The van der Waals surface area contributed by atoms with Gasteiger partial charge in [-0.1, -0.05) is 0 Å². The van der Waals surface area contributed by atoms with E-state index in [4.69, 9.17) is 0 Å². The minimum atomic E-state index is -4.49. The van der Waals surface area contributed by atoms with E-state index in [1.54, 1.807) is 0 Å². The topological polar surface area (TPSA) is 103 Å². The van der Waals surface area contributed by atoms with Gasteiger partial charge in [-0.25, -0.2) is 16.8 Å². The van der Waals surface area contributed by atoms with Gasteiger partial charge in [-0.05, 0) is 24.3 Å². The average molecular weight is 257 g/mol. The predicted octanol–water partition coefficient (Wildman–Crippen LogP) is -3.03. The summed E-state index contributed by atoms with van der Waals surface area (Å²) in [5.41, 5.74) is 0.199. The first-order valence-corrected chi connectivity index (χ1v) is 7.02. The summed E-state index contributed by atoms with van der Waals surface area (Å²) in [6.45, 7) is 0. The largest absolute Gasteiger partial charge is 1.00 e. The van der Waals surface area contributed by atoms with Crippen molar-refractivity contribution in [3.05, 3.63) is 24.3 Å². The zero-order chi connectivity index (χ0) is 11.7. The molecule has 0 aliphatic carbocycles. The van der Waals surface area contributed by atoms with Gasteiger partial charge in [0.25, 0.3) is 0 Å². The zero-order valence-electron chi connectivity index (χ0n) is 8.67. The normalized spacial score (nSPS) is 11.6. The Labute approximate surface area is 106 Å². The first kappa shape index (κ1) is 15.5. The third-order valence-electron chi connectivity index (χ3n) is 1.45. The maximum atomic E-state index is 10.8. The number of rotatable bonds is 3. The van der Waals surface area contributed by atoms with E-state index in [1.807, 2.05) is 0 Å². The van der Waals surface area contributed by atoms with E-state index < -0.39 is 25.0 Å². The molecule has 0 atom stereocenters. The van der Waals surface area contributed by atoms with Gasteiger partial charge in [-0.3, -0.25) is 4.72 Å². The second-order valence-corrected chi connectivity index (χ2v) is 5.98. The Balaban J connectivity index is 0.00000225. The van der Waals surface area contributed by atoms with Crippen molar-refractivity contribution < 1.29 is 40.2 Å². The second kappa shape index (κ2) is 5.20. The molecule has 0 aromatic heterocycles. The van der Waals surface area contributed by atoms with Gasteiger partial charge in [-0.2, -0.15) is 0 Å². The predicted molar refractivity (Wildman–Crippen MR) is 52.9 cm³/mol. The smallest absolute Gasteiger partial charge is 0.744 e. The quantitative estimate of drug-likeness (QED) is 0.458. The summed E-state index contributed by atoms with van der Waals surface area (Å²) in [7, 11) is -7.89. The molecule has 0 amide bonds. The Bertz CT molecular complexity index is 549. The molecule has 0 unspecified atom stereocenters. The van der Waals surface area contributed by atoms with Crippen LogP contribution in [-0.4, -0.2) is 27.6 Å². The number of benzene rings is 1. The monoisotopic (exact) mass is 257 g/mol. The number of sulfonamides is 1. The third-order valence-corrected chi connectivity index (χ3v) is 2.90. The summed E-state index contributed by atoms with van der Waals surface area (Å²) < 4.78 is 55.3. The molecule has 1 aromatic carbocycles. The fraction of sp³-hybridized carbons (Fsp3) is 0.143. The van der Waals surface area contributed by atoms with Crippen LogP contribution in [0.5, 0.6) is 0 Å². The molecule has 0 heterocycles. The van der Waals surface area contributed by atoms with E-state index in [-0.39, 0.29) is 24.5 Å². The van der Waals surface area contributed by atoms with Gasteiger partial charge < -0.3 is 4.55 Å². The molecule has 9 heteroatoms. The van der Waals surface area contributed by atoms with Crippen molar-refractivity contribution in [3.63, 3.8) is 0 Å². The van der Waals surface area contributed by atoms with Gasteiger partial charge in [0.2, 0.25) is 10.0 Å². The average Bonchev–Trinajstić information content (AvgIpc) is 2.00. The molecule has 16 heavy (non-hydrogen) atoms. The molecule has 0 aliphatic heterocycles. The summed E-state index contributed by atoms with van der Waals surface area (Å²) in [6.07, 6.45) is 0.964. The molecule has 0 bridgehead atoms. The molecule has 0 saturated heterocycles. The number of hydrogen-bond acceptors (Lipinski definition) is 5. The maximum absolute atomic E-state index is 10.8. The van der Waals surface area contributed by atoms with Crippen LogP contribution in [0.15, 0.2) is 29.2 Å². The van der Waals surface area contributed by atoms with Crippen molar-refractivity contribution in [2.45, 2.75) is 4.90 Å². The maximum Gasteiger partial charge on any atom is 1.00 e. The molecule has 6 nitrogen and oxygen atoms in total. The molecule has 1 rings (SSSR count). The van der Waals surface area contributed by atoms with Crippen LogP contribution >= 0.6 is 0 Å². The third kappa shape index (κ3) is 5.00. The molecule has 0 radical (unpaired) electrons. The van der Waals surface area contributed by atoms with E-state index in [9.17, 15) is 21.4 Å². The SMILES string of the molecule is CS(=O)(=O)Nc1ccc(S(=O)(=O)[O-])cc1.[Li+]. The Kier molecular flexibility index (Phi) is 5.03. The number of nitrogens with one attached hydrogen (secondary N) is 1. The summed E-state index contributed by atoms with van der Waals surface area (Å²) >= 11 is 0. The molecule has 0 fully saturated rings. The van der Waals surface area contributed by atoms with Crippen molar-refractivity contribution in [3.8, 4) is 0 Å². The van der Waals surface area contributed by atoms with E-state index >= 15 is 0 Å². The molecule has 84 valence electrons. The van der Waals surface area contributed by atoms with Crippen LogP contribution in [0.3, 0.4) is 0 Å². The molecular formula is C7H8LiNO5S2. The van der Waals surface area contributed by atoms with Crippen molar-refractivity contribution >= 4 is 25.8 Å². The minimum absolute atomic E-state index is 0. The summed E-state index contributed by atoms with van der Waals surface area (Å²) in [6, 6.07) is 4.48. The first-order chi connectivity index (χ1) is 6.68. The van der Waals surface area contributed by atoms with Crippen molar-refractivity contribution in [1.82, 2.24) is 0 Å². The molecule has 1 aromatic rings. The van der Waals surface area contributed by atoms with Gasteiger partial charge in [0, 0.05) is 5.69 Å². The fourth-order valence-electron chi connectivity index (χ4n) is 0.904. The molecule has 0 aliphatic rings. The van der Waals surface area contributed by atoms with Crippen LogP contribution in [0.4, 0.5) is 5.69 Å². The van der Waals surface area contributed by atoms with E-state index in [0.29, 0.717) is 0 Å². The summed E-state index contributed by atoms with van der Waals surface area (Å²) in [5, 5.41) is 0.